The topological polar surface area (TPSA) is 74.7 Å². The van der Waals surface area contributed by atoms with Crippen molar-refractivity contribution in [2.45, 2.75) is 18.7 Å². The quantitative estimate of drug-likeness (QED) is 0.800. The fourth-order valence-corrected chi connectivity index (χ4v) is 3.03. The first-order valence-corrected chi connectivity index (χ1v) is 8.67. The van der Waals surface area contributed by atoms with E-state index in [-0.39, 0.29) is 5.56 Å². The Morgan fingerprint density at radius 3 is 2.42 bits per heavy atom. The van der Waals surface area contributed by atoms with E-state index in [9.17, 15) is 13.2 Å². The van der Waals surface area contributed by atoms with Crippen LogP contribution in [0.15, 0.2) is 18.2 Å². The Hall–Kier alpha value is -1.08. The Labute approximate surface area is 121 Å². The highest BCUT2D eigenvalue weighted by atomic mass is 79.9. The van der Waals surface area contributed by atoms with Crippen molar-refractivity contribution in [1.82, 2.24) is 0 Å². The third-order valence-corrected chi connectivity index (χ3v) is 4.34. The summed E-state index contributed by atoms with van der Waals surface area (Å²) in [6.45, 7) is 2.19. The highest BCUT2D eigenvalue weighted by Gasteiger charge is 2.18. The summed E-state index contributed by atoms with van der Waals surface area (Å²) in [6.07, 6.45) is 1.76. The number of anilines is 1. The summed E-state index contributed by atoms with van der Waals surface area (Å²) in [6, 6.07) is 4.58. The van der Waals surface area contributed by atoms with Crippen LogP contribution in [0.3, 0.4) is 0 Å². The molecular formula is C12H16BrNO4S. The molecule has 0 spiro atoms. The highest BCUT2D eigenvalue weighted by Crippen LogP contribution is 2.23. The molecule has 0 aromatic heterocycles. The molecule has 1 aromatic rings. The van der Waals surface area contributed by atoms with Crippen LogP contribution in [0.25, 0.3) is 0 Å². The molecule has 1 rings (SSSR count). The SMILES string of the molecule is CCCN(c1cc(CBr)cc(C(=O)O)c1)S(C)(=O)=O. The maximum atomic E-state index is 11.8. The van der Waals surface area contributed by atoms with Gasteiger partial charge in [0.15, 0.2) is 0 Å². The number of alkyl halides is 1. The molecular weight excluding hydrogens is 334 g/mol. The minimum atomic E-state index is -3.42. The lowest BCUT2D eigenvalue weighted by atomic mass is 10.1. The summed E-state index contributed by atoms with van der Waals surface area (Å²) >= 11 is 3.25. The van der Waals surface area contributed by atoms with Crippen molar-refractivity contribution in [2.75, 3.05) is 17.1 Å². The molecule has 0 aliphatic rings. The lowest BCUT2D eigenvalue weighted by Crippen LogP contribution is -2.30. The molecule has 1 aromatic carbocycles. The number of carboxylic acid groups (broad SMARTS) is 1. The zero-order valence-electron chi connectivity index (χ0n) is 10.8. The Balaban J connectivity index is 3.37. The van der Waals surface area contributed by atoms with Crippen LogP contribution in [0.2, 0.25) is 0 Å². The van der Waals surface area contributed by atoms with Gasteiger partial charge in [-0.3, -0.25) is 4.31 Å². The summed E-state index contributed by atoms with van der Waals surface area (Å²) in [5.74, 6) is -1.08. The number of sulfonamides is 1. The van der Waals surface area contributed by atoms with Crippen LogP contribution in [0.5, 0.6) is 0 Å². The molecule has 0 aliphatic heterocycles. The van der Waals surface area contributed by atoms with Crippen LogP contribution in [0.1, 0.15) is 29.3 Å². The number of nitrogens with zero attached hydrogens (tertiary/aromatic N) is 1. The Bertz CT molecular complexity index is 571. The molecule has 0 unspecified atom stereocenters. The standard InChI is InChI=1S/C12H16BrNO4S/c1-3-4-14(19(2,17)18)11-6-9(8-13)5-10(7-11)12(15)16/h5-7H,3-4,8H2,1-2H3,(H,15,16). The summed E-state index contributed by atoms with van der Waals surface area (Å²) in [5, 5.41) is 9.52. The van der Waals surface area contributed by atoms with Crippen molar-refractivity contribution in [3.63, 3.8) is 0 Å². The molecule has 5 nitrogen and oxygen atoms in total. The van der Waals surface area contributed by atoms with E-state index in [1.807, 2.05) is 6.92 Å². The van der Waals surface area contributed by atoms with E-state index >= 15 is 0 Å². The average Bonchev–Trinajstić information content (AvgIpc) is 2.33. The lowest BCUT2D eigenvalue weighted by molar-refractivity contribution is 0.0697. The maximum absolute atomic E-state index is 11.8. The molecule has 19 heavy (non-hydrogen) atoms. The van der Waals surface area contributed by atoms with Crippen LogP contribution in [-0.4, -0.2) is 32.3 Å². The van der Waals surface area contributed by atoms with Crippen LogP contribution in [0, 0.1) is 0 Å². The third kappa shape index (κ3) is 4.21. The smallest absolute Gasteiger partial charge is 0.335 e. The predicted octanol–water partition coefficient (Wildman–Crippen LogP) is 2.46. The second kappa shape index (κ2) is 6.38. The van der Waals surface area contributed by atoms with E-state index < -0.39 is 16.0 Å². The van der Waals surface area contributed by atoms with Gasteiger partial charge in [-0.15, -0.1) is 0 Å². The van der Waals surface area contributed by atoms with E-state index in [0.29, 0.717) is 24.0 Å². The van der Waals surface area contributed by atoms with Gasteiger partial charge in [0.2, 0.25) is 10.0 Å². The zero-order valence-corrected chi connectivity index (χ0v) is 13.2. The number of rotatable bonds is 6. The summed E-state index contributed by atoms with van der Waals surface area (Å²) < 4.78 is 24.8. The van der Waals surface area contributed by atoms with Crippen molar-refractivity contribution >= 4 is 37.6 Å². The molecule has 0 saturated carbocycles. The molecule has 0 heterocycles. The minimum absolute atomic E-state index is 0.0803. The normalized spacial score (nSPS) is 11.3. The van der Waals surface area contributed by atoms with Crippen molar-refractivity contribution in [3.8, 4) is 0 Å². The molecule has 7 heteroatoms. The Morgan fingerprint density at radius 1 is 1.37 bits per heavy atom. The van der Waals surface area contributed by atoms with Gasteiger partial charge in [-0.2, -0.15) is 0 Å². The number of carboxylic acids is 1. The fraction of sp³-hybridized carbons (Fsp3) is 0.417. The average molecular weight is 350 g/mol. The van der Waals surface area contributed by atoms with Crippen molar-refractivity contribution in [2.24, 2.45) is 0 Å². The second-order valence-corrected chi connectivity index (χ2v) is 6.63. The molecule has 1 N–H and O–H groups in total. The molecule has 0 bridgehead atoms. The van der Waals surface area contributed by atoms with E-state index in [1.54, 1.807) is 6.07 Å². The monoisotopic (exact) mass is 349 g/mol. The van der Waals surface area contributed by atoms with E-state index in [0.717, 1.165) is 11.8 Å². The predicted molar refractivity (Wildman–Crippen MR) is 78.5 cm³/mol. The molecule has 0 aliphatic carbocycles. The van der Waals surface area contributed by atoms with Crippen molar-refractivity contribution in [3.05, 3.63) is 29.3 Å². The van der Waals surface area contributed by atoms with Crippen LogP contribution in [0.4, 0.5) is 5.69 Å². The highest BCUT2D eigenvalue weighted by molar-refractivity contribution is 9.08. The molecule has 0 amide bonds. The first kappa shape index (κ1) is 16.0. The number of benzene rings is 1. The van der Waals surface area contributed by atoms with E-state index in [1.165, 1.54) is 16.4 Å². The first-order valence-electron chi connectivity index (χ1n) is 5.70. The van der Waals surface area contributed by atoms with Gasteiger partial charge < -0.3 is 5.11 Å². The summed E-state index contributed by atoms with van der Waals surface area (Å²) in [7, 11) is -3.42. The van der Waals surface area contributed by atoms with E-state index in [4.69, 9.17) is 5.11 Å². The Kier molecular flexibility index (Phi) is 5.37. The summed E-state index contributed by atoms with van der Waals surface area (Å²) in [5.41, 5.74) is 1.19. The summed E-state index contributed by atoms with van der Waals surface area (Å²) in [4.78, 5) is 11.1. The number of carbonyl (C=O) groups is 1. The number of aromatic carboxylic acids is 1. The van der Waals surface area contributed by atoms with Gasteiger partial charge in [0, 0.05) is 11.9 Å². The first-order chi connectivity index (χ1) is 8.79. The number of hydrogen-bond donors (Lipinski definition) is 1. The maximum Gasteiger partial charge on any atom is 0.335 e. The molecule has 0 saturated heterocycles. The van der Waals surface area contributed by atoms with Crippen molar-refractivity contribution < 1.29 is 18.3 Å². The van der Waals surface area contributed by atoms with Crippen LogP contribution >= 0.6 is 15.9 Å². The molecule has 0 fully saturated rings. The fourth-order valence-electron chi connectivity index (χ4n) is 1.71. The van der Waals surface area contributed by atoms with Gasteiger partial charge in [0.25, 0.3) is 0 Å². The minimum Gasteiger partial charge on any atom is -0.478 e. The van der Waals surface area contributed by atoms with Crippen LogP contribution < -0.4 is 4.31 Å². The van der Waals surface area contributed by atoms with Gasteiger partial charge in [-0.1, -0.05) is 22.9 Å². The van der Waals surface area contributed by atoms with Gasteiger partial charge in [0.1, 0.15) is 0 Å². The molecule has 106 valence electrons. The largest absolute Gasteiger partial charge is 0.478 e. The zero-order chi connectivity index (χ0) is 14.6. The van der Waals surface area contributed by atoms with E-state index in [2.05, 4.69) is 15.9 Å². The molecule has 0 atom stereocenters. The number of halogens is 1. The van der Waals surface area contributed by atoms with Gasteiger partial charge in [0.05, 0.1) is 17.5 Å². The van der Waals surface area contributed by atoms with Gasteiger partial charge >= 0.3 is 5.97 Å². The third-order valence-electron chi connectivity index (χ3n) is 2.49. The van der Waals surface area contributed by atoms with Gasteiger partial charge in [-0.05, 0) is 30.2 Å². The lowest BCUT2D eigenvalue weighted by Gasteiger charge is -2.22. The Morgan fingerprint density at radius 2 is 2.00 bits per heavy atom. The van der Waals surface area contributed by atoms with Gasteiger partial charge in [-0.25, -0.2) is 13.2 Å². The van der Waals surface area contributed by atoms with Crippen molar-refractivity contribution in [1.29, 1.82) is 0 Å². The van der Waals surface area contributed by atoms with Crippen LogP contribution in [-0.2, 0) is 15.4 Å². The number of hydrogen-bond acceptors (Lipinski definition) is 3. The second-order valence-electron chi connectivity index (χ2n) is 4.16. The molecule has 0 radical (unpaired) electrons.